The molecule has 2 aromatic carbocycles. The fourth-order valence-electron chi connectivity index (χ4n) is 1.68. The van der Waals surface area contributed by atoms with Gasteiger partial charge in [-0.25, -0.2) is 0 Å². The second-order valence-corrected chi connectivity index (χ2v) is 5.14. The summed E-state index contributed by atoms with van der Waals surface area (Å²) in [5, 5.41) is 20.2. The molecule has 0 aliphatic carbocycles. The first-order valence-electron chi connectivity index (χ1n) is 5.84. The van der Waals surface area contributed by atoms with Crippen molar-refractivity contribution in [2.75, 3.05) is 0 Å². The third kappa shape index (κ3) is 3.26. The van der Waals surface area contributed by atoms with E-state index in [2.05, 4.69) is 0 Å². The van der Waals surface area contributed by atoms with Crippen molar-refractivity contribution in [1.82, 2.24) is 0 Å². The number of non-ortho nitro benzene ring substituents is 1. The van der Waals surface area contributed by atoms with Crippen LogP contribution in [-0.4, -0.2) is 10.0 Å². The lowest BCUT2D eigenvalue weighted by Gasteiger charge is -2.05. The normalized spacial score (nSPS) is 10.4. The molecule has 0 amide bonds. The average molecular weight is 275 g/mol. The van der Waals surface area contributed by atoms with Crippen molar-refractivity contribution in [2.24, 2.45) is 0 Å². The smallest absolute Gasteiger partial charge is 0.269 e. The highest BCUT2D eigenvalue weighted by atomic mass is 32.2. The Bertz CT molecular complexity index is 596. The fourth-order valence-corrected chi connectivity index (χ4v) is 2.56. The second kappa shape index (κ2) is 5.75. The monoisotopic (exact) mass is 275 g/mol. The van der Waals surface area contributed by atoms with Crippen LogP contribution in [-0.2, 0) is 6.42 Å². The van der Waals surface area contributed by atoms with E-state index >= 15 is 0 Å². The van der Waals surface area contributed by atoms with E-state index in [0.29, 0.717) is 5.75 Å². The van der Waals surface area contributed by atoms with Crippen LogP contribution in [0.15, 0.2) is 52.3 Å². The van der Waals surface area contributed by atoms with Gasteiger partial charge in [-0.2, -0.15) is 0 Å². The Morgan fingerprint density at radius 1 is 1.16 bits per heavy atom. The van der Waals surface area contributed by atoms with E-state index in [1.807, 2.05) is 19.1 Å². The number of nitro groups is 1. The predicted molar refractivity (Wildman–Crippen MR) is 74.7 cm³/mol. The molecule has 0 saturated heterocycles. The van der Waals surface area contributed by atoms with Crippen molar-refractivity contribution in [3.8, 4) is 5.75 Å². The van der Waals surface area contributed by atoms with Gasteiger partial charge in [0.05, 0.1) is 4.92 Å². The van der Waals surface area contributed by atoms with Gasteiger partial charge in [0.15, 0.2) is 0 Å². The van der Waals surface area contributed by atoms with Crippen LogP contribution in [0.25, 0.3) is 0 Å². The topological polar surface area (TPSA) is 63.4 Å². The molecule has 19 heavy (non-hydrogen) atoms. The summed E-state index contributed by atoms with van der Waals surface area (Å²) in [6.07, 6.45) is 0.764. The molecule has 5 heteroatoms. The summed E-state index contributed by atoms with van der Waals surface area (Å²) in [6.45, 7) is 1.98. The minimum Gasteiger partial charge on any atom is -0.508 e. The predicted octanol–water partition coefficient (Wildman–Crippen LogP) is 4.01. The van der Waals surface area contributed by atoms with Crippen molar-refractivity contribution >= 4 is 17.4 Å². The Balaban J connectivity index is 2.19. The third-order valence-electron chi connectivity index (χ3n) is 2.72. The van der Waals surface area contributed by atoms with E-state index in [-0.39, 0.29) is 5.69 Å². The molecule has 4 nitrogen and oxygen atoms in total. The van der Waals surface area contributed by atoms with Crippen molar-refractivity contribution in [3.05, 3.63) is 58.1 Å². The lowest BCUT2D eigenvalue weighted by molar-refractivity contribution is -0.384. The number of nitro benzene ring substituents is 1. The number of aromatic hydroxyl groups is 1. The first kappa shape index (κ1) is 13.4. The highest BCUT2D eigenvalue weighted by Gasteiger charge is 2.06. The molecule has 0 fully saturated rings. The molecule has 0 aliphatic heterocycles. The molecule has 1 N–H and O–H groups in total. The van der Waals surface area contributed by atoms with Gasteiger partial charge in [-0.1, -0.05) is 18.7 Å². The lowest BCUT2D eigenvalue weighted by atomic mass is 10.1. The quantitative estimate of drug-likeness (QED) is 0.676. The summed E-state index contributed by atoms with van der Waals surface area (Å²) < 4.78 is 0. The Hall–Kier alpha value is -2.01. The largest absolute Gasteiger partial charge is 0.508 e. The van der Waals surface area contributed by atoms with E-state index < -0.39 is 4.92 Å². The maximum atomic E-state index is 10.6. The van der Waals surface area contributed by atoms with Gasteiger partial charge in [-0.15, -0.1) is 0 Å². The molecule has 98 valence electrons. The van der Waals surface area contributed by atoms with Crippen molar-refractivity contribution < 1.29 is 10.0 Å². The standard InChI is InChI=1S/C14H13NO3S/c1-2-10-9-13(7-8-14(10)16)19-12-5-3-11(4-6-12)15(17)18/h3-9,16H,2H2,1H3. The molecule has 0 radical (unpaired) electrons. The summed E-state index contributed by atoms with van der Waals surface area (Å²) in [6, 6.07) is 11.9. The van der Waals surface area contributed by atoms with Crippen LogP contribution in [0.1, 0.15) is 12.5 Å². The number of hydrogen-bond donors (Lipinski definition) is 1. The maximum absolute atomic E-state index is 10.6. The van der Waals surface area contributed by atoms with Gasteiger partial charge < -0.3 is 5.11 Å². The highest BCUT2D eigenvalue weighted by molar-refractivity contribution is 7.99. The van der Waals surface area contributed by atoms with Crippen LogP contribution in [0.4, 0.5) is 5.69 Å². The molecule has 0 aliphatic rings. The van der Waals surface area contributed by atoms with Crippen LogP contribution in [0.5, 0.6) is 5.75 Å². The van der Waals surface area contributed by atoms with Crippen LogP contribution < -0.4 is 0 Å². The van der Waals surface area contributed by atoms with Gasteiger partial charge in [-0.3, -0.25) is 10.1 Å². The lowest BCUT2D eigenvalue weighted by Crippen LogP contribution is -1.86. The molecule has 2 aromatic rings. The number of benzene rings is 2. The van der Waals surface area contributed by atoms with E-state index in [0.717, 1.165) is 21.8 Å². The summed E-state index contributed by atoms with van der Waals surface area (Å²) in [5.41, 5.74) is 0.983. The number of hydrogen-bond acceptors (Lipinski definition) is 4. The number of aryl methyl sites for hydroxylation is 1. The van der Waals surface area contributed by atoms with Crippen LogP contribution in [0.3, 0.4) is 0 Å². The molecule has 0 heterocycles. The van der Waals surface area contributed by atoms with Gasteiger partial charge in [0.2, 0.25) is 0 Å². The van der Waals surface area contributed by atoms with E-state index in [9.17, 15) is 15.2 Å². The molecule has 0 saturated carbocycles. The molecule has 0 bridgehead atoms. The first-order chi connectivity index (χ1) is 9.10. The summed E-state index contributed by atoms with van der Waals surface area (Å²) >= 11 is 1.51. The molecular formula is C14H13NO3S. The van der Waals surface area contributed by atoms with E-state index in [1.54, 1.807) is 18.2 Å². The number of nitrogens with zero attached hydrogens (tertiary/aromatic N) is 1. The van der Waals surface area contributed by atoms with Gasteiger partial charge in [0.1, 0.15) is 5.75 Å². The van der Waals surface area contributed by atoms with E-state index in [1.165, 1.54) is 23.9 Å². The summed E-state index contributed by atoms with van der Waals surface area (Å²) in [5.74, 6) is 0.301. The summed E-state index contributed by atoms with van der Waals surface area (Å²) in [4.78, 5) is 12.1. The molecule has 0 aromatic heterocycles. The zero-order chi connectivity index (χ0) is 13.8. The molecule has 0 atom stereocenters. The van der Waals surface area contributed by atoms with Crippen LogP contribution >= 0.6 is 11.8 Å². The molecule has 0 unspecified atom stereocenters. The Morgan fingerprint density at radius 2 is 1.79 bits per heavy atom. The highest BCUT2D eigenvalue weighted by Crippen LogP contribution is 2.31. The van der Waals surface area contributed by atoms with Crippen molar-refractivity contribution in [3.63, 3.8) is 0 Å². The Labute approximate surface area is 115 Å². The maximum Gasteiger partial charge on any atom is 0.269 e. The number of phenolic OH excluding ortho intramolecular Hbond substituents is 1. The second-order valence-electron chi connectivity index (χ2n) is 4.00. The zero-order valence-electron chi connectivity index (χ0n) is 10.4. The van der Waals surface area contributed by atoms with Gasteiger partial charge in [0, 0.05) is 21.9 Å². The molecular weight excluding hydrogens is 262 g/mol. The Kier molecular flexibility index (Phi) is 4.06. The Morgan fingerprint density at radius 3 is 2.37 bits per heavy atom. The fraction of sp³-hybridized carbons (Fsp3) is 0.143. The van der Waals surface area contributed by atoms with Gasteiger partial charge >= 0.3 is 0 Å². The first-order valence-corrected chi connectivity index (χ1v) is 6.66. The minimum absolute atomic E-state index is 0.0873. The van der Waals surface area contributed by atoms with Crippen LogP contribution in [0.2, 0.25) is 0 Å². The minimum atomic E-state index is -0.413. The van der Waals surface area contributed by atoms with Crippen LogP contribution in [0, 0.1) is 10.1 Å². The van der Waals surface area contributed by atoms with E-state index in [4.69, 9.17) is 0 Å². The van der Waals surface area contributed by atoms with Gasteiger partial charge in [0.25, 0.3) is 5.69 Å². The summed E-state index contributed by atoms with van der Waals surface area (Å²) in [7, 11) is 0. The van der Waals surface area contributed by atoms with Crippen molar-refractivity contribution in [2.45, 2.75) is 23.1 Å². The SMILES string of the molecule is CCc1cc(Sc2ccc([N+](=O)[O-])cc2)ccc1O. The van der Waals surface area contributed by atoms with Gasteiger partial charge in [-0.05, 0) is 42.3 Å². The number of rotatable bonds is 4. The number of phenols is 1. The third-order valence-corrected chi connectivity index (χ3v) is 3.71. The average Bonchev–Trinajstić information content (AvgIpc) is 2.41. The van der Waals surface area contributed by atoms with Crippen molar-refractivity contribution in [1.29, 1.82) is 0 Å². The zero-order valence-corrected chi connectivity index (χ0v) is 11.2. The molecule has 0 spiro atoms. The molecule has 2 rings (SSSR count).